The molecule has 0 bridgehead atoms. The number of nitrogens with zero attached hydrogens (tertiary/aromatic N) is 4. The Kier molecular flexibility index (Phi) is 3.46. The SMILES string of the molecule is Cn1ncc2c(SCCc3ccccc3)ncnc21. The van der Waals surface area contributed by atoms with E-state index in [1.54, 1.807) is 22.8 Å². The number of hydrogen-bond donors (Lipinski definition) is 0. The minimum absolute atomic E-state index is 0.886. The summed E-state index contributed by atoms with van der Waals surface area (Å²) >= 11 is 1.75. The smallest absolute Gasteiger partial charge is 0.162 e. The van der Waals surface area contributed by atoms with E-state index < -0.39 is 0 Å². The molecule has 0 atom stereocenters. The lowest BCUT2D eigenvalue weighted by Crippen LogP contribution is -1.94. The molecule has 0 spiro atoms. The normalized spacial score (nSPS) is 11.0. The van der Waals surface area contributed by atoms with Crippen molar-refractivity contribution in [3.8, 4) is 0 Å². The van der Waals surface area contributed by atoms with Gasteiger partial charge in [0.15, 0.2) is 5.65 Å². The largest absolute Gasteiger partial charge is 0.250 e. The second-order valence-corrected chi connectivity index (χ2v) is 5.35. The predicted molar refractivity (Wildman–Crippen MR) is 77.2 cm³/mol. The molecule has 1 aromatic carbocycles. The van der Waals surface area contributed by atoms with Gasteiger partial charge in [-0.15, -0.1) is 11.8 Å². The monoisotopic (exact) mass is 270 g/mol. The average Bonchev–Trinajstić information content (AvgIpc) is 2.83. The van der Waals surface area contributed by atoms with Gasteiger partial charge in [-0.2, -0.15) is 5.10 Å². The minimum atomic E-state index is 0.886. The van der Waals surface area contributed by atoms with Crippen LogP contribution in [-0.4, -0.2) is 25.5 Å². The molecule has 2 heterocycles. The molecule has 0 fully saturated rings. The molecule has 0 saturated carbocycles. The molecular weight excluding hydrogens is 256 g/mol. The van der Waals surface area contributed by atoms with E-state index in [0.29, 0.717) is 0 Å². The fourth-order valence-corrected chi connectivity index (χ4v) is 2.92. The lowest BCUT2D eigenvalue weighted by Gasteiger charge is -2.02. The third-order valence-electron chi connectivity index (χ3n) is 2.97. The minimum Gasteiger partial charge on any atom is -0.250 e. The van der Waals surface area contributed by atoms with Crippen LogP contribution in [0.2, 0.25) is 0 Å². The van der Waals surface area contributed by atoms with Gasteiger partial charge in [0, 0.05) is 12.8 Å². The Hall–Kier alpha value is -1.88. The van der Waals surface area contributed by atoms with Crippen molar-refractivity contribution in [1.82, 2.24) is 19.7 Å². The van der Waals surface area contributed by atoms with Gasteiger partial charge in [-0.1, -0.05) is 30.3 Å². The Morgan fingerprint density at radius 1 is 1.16 bits per heavy atom. The molecule has 0 aliphatic rings. The summed E-state index contributed by atoms with van der Waals surface area (Å²) in [4.78, 5) is 8.59. The molecule has 3 rings (SSSR count). The first-order chi connectivity index (χ1) is 9.34. The molecule has 0 aliphatic heterocycles. The lowest BCUT2D eigenvalue weighted by molar-refractivity contribution is 0.784. The van der Waals surface area contributed by atoms with Gasteiger partial charge < -0.3 is 0 Å². The van der Waals surface area contributed by atoms with Crippen LogP contribution in [0.15, 0.2) is 47.9 Å². The van der Waals surface area contributed by atoms with E-state index in [9.17, 15) is 0 Å². The first kappa shape index (κ1) is 12.2. The summed E-state index contributed by atoms with van der Waals surface area (Å²) in [7, 11) is 1.90. The molecule has 3 aromatic rings. The van der Waals surface area contributed by atoms with Crippen molar-refractivity contribution in [2.75, 3.05) is 5.75 Å². The van der Waals surface area contributed by atoms with Gasteiger partial charge in [0.25, 0.3) is 0 Å². The van der Waals surface area contributed by atoms with Crippen molar-refractivity contribution in [2.45, 2.75) is 11.4 Å². The number of rotatable bonds is 4. The summed E-state index contributed by atoms with van der Waals surface area (Å²) in [5.41, 5.74) is 2.24. The van der Waals surface area contributed by atoms with Crippen LogP contribution in [0.4, 0.5) is 0 Å². The lowest BCUT2D eigenvalue weighted by atomic mass is 10.2. The van der Waals surface area contributed by atoms with Crippen LogP contribution in [0.5, 0.6) is 0 Å². The van der Waals surface area contributed by atoms with Crippen molar-refractivity contribution in [2.24, 2.45) is 7.05 Å². The number of thioether (sulfide) groups is 1. The number of fused-ring (bicyclic) bond motifs is 1. The van der Waals surface area contributed by atoms with E-state index in [0.717, 1.165) is 28.2 Å². The molecule has 0 N–H and O–H groups in total. The Balaban J connectivity index is 1.72. The molecule has 0 unspecified atom stereocenters. The Morgan fingerprint density at radius 2 is 2.00 bits per heavy atom. The first-order valence-corrected chi connectivity index (χ1v) is 7.12. The van der Waals surface area contributed by atoms with Gasteiger partial charge >= 0.3 is 0 Å². The highest BCUT2D eigenvalue weighted by Gasteiger charge is 2.07. The molecule has 19 heavy (non-hydrogen) atoms. The van der Waals surface area contributed by atoms with Crippen molar-refractivity contribution < 1.29 is 0 Å². The summed E-state index contributed by atoms with van der Waals surface area (Å²) in [6.07, 6.45) is 4.48. The summed E-state index contributed by atoms with van der Waals surface area (Å²) in [6, 6.07) is 10.5. The zero-order valence-electron chi connectivity index (χ0n) is 10.7. The number of hydrogen-bond acceptors (Lipinski definition) is 4. The zero-order valence-corrected chi connectivity index (χ0v) is 11.5. The highest BCUT2D eigenvalue weighted by molar-refractivity contribution is 7.99. The molecule has 0 radical (unpaired) electrons. The maximum absolute atomic E-state index is 4.35. The van der Waals surface area contributed by atoms with Crippen LogP contribution in [0, 0.1) is 0 Å². The molecule has 2 aromatic heterocycles. The predicted octanol–water partition coefficient (Wildman–Crippen LogP) is 2.70. The summed E-state index contributed by atoms with van der Waals surface area (Å²) < 4.78 is 1.78. The highest BCUT2D eigenvalue weighted by Crippen LogP contribution is 2.24. The molecule has 96 valence electrons. The third kappa shape index (κ3) is 2.61. The van der Waals surface area contributed by atoms with E-state index >= 15 is 0 Å². The Bertz CT molecular complexity index is 678. The van der Waals surface area contributed by atoms with Crippen molar-refractivity contribution >= 4 is 22.8 Å². The van der Waals surface area contributed by atoms with Crippen molar-refractivity contribution in [3.05, 3.63) is 48.4 Å². The quantitative estimate of drug-likeness (QED) is 0.540. The van der Waals surface area contributed by atoms with Crippen LogP contribution >= 0.6 is 11.8 Å². The molecule has 0 amide bonds. The molecular formula is C14H14N4S. The van der Waals surface area contributed by atoms with Gasteiger partial charge in [0.05, 0.1) is 11.6 Å². The topological polar surface area (TPSA) is 43.6 Å². The number of benzene rings is 1. The van der Waals surface area contributed by atoms with Crippen LogP contribution in [0.3, 0.4) is 0 Å². The first-order valence-electron chi connectivity index (χ1n) is 6.14. The van der Waals surface area contributed by atoms with E-state index in [1.807, 2.05) is 19.3 Å². The standard InChI is InChI=1S/C14H14N4S/c1-18-13-12(9-17-18)14(16-10-15-13)19-8-7-11-5-3-2-4-6-11/h2-6,9-10H,7-8H2,1H3. The summed E-state index contributed by atoms with van der Waals surface area (Å²) in [6.45, 7) is 0. The molecule has 5 heteroatoms. The van der Waals surface area contributed by atoms with Crippen molar-refractivity contribution in [3.63, 3.8) is 0 Å². The Morgan fingerprint density at radius 3 is 2.84 bits per heavy atom. The third-order valence-corrected chi connectivity index (χ3v) is 3.97. The zero-order chi connectivity index (χ0) is 13.1. The Labute approximate surface area is 115 Å². The molecule has 0 aliphatic carbocycles. The van der Waals surface area contributed by atoms with E-state index in [4.69, 9.17) is 0 Å². The number of aryl methyl sites for hydroxylation is 2. The van der Waals surface area contributed by atoms with Gasteiger partial charge in [-0.05, 0) is 12.0 Å². The van der Waals surface area contributed by atoms with Gasteiger partial charge in [-0.3, -0.25) is 4.68 Å². The fourth-order valence-electron chi connectivity index (χ4n) is 1.97. The van der Waals surface area contributed by atoms with E-state index in [-0.39, 0.29) is 0 Å². The van der Waals surface area contributed by atoms with Crippen LogP contribution in [-0.2, 0) is 13.5 Å². The molecule has 4 nitrogen and oxygen atoms in total. The number of aromatic nitrogens is 4. The van der Waals surface area contributed by atoms with Gasteiger partial charge in [-0.25, -0.2) is 9.97 Å². The summed E-state index contributed by atoms with van der Waals surface area (Å²) in [5, 5.41) is 6.26. The van der Waals surface area contributed by atoms with Gasteiger partial charge in [0.1, 0.15) is 11.4 Å². The van der Waals surface area contributed by atoms with Gasteiger partial charge in [0.2, 0.25) is 0 Å². The van der Waals surface area contributed by atoms with E-state index in [2.05, 4.69) is 39.3 Å². The molecule has 0 saturated heterocycles. The fraction of sp³-hybridized carbons (Fsp3) is 0.214. The average molecular weight is 270 g/mol. The van der Waals surface area contributed by atoms with Crippen LogP contribution < -0.4 is 0 Å². The van der Waals surface area contributed by atoms with Crippen LogP contribution in [0.1, 0.15) is 5.56 Å². The second kappa shape index (κ2) is 5.40. The van der Waals surface area contributed by atoms with E-state index in [1.165, 1.54) is 5.56 Å². The summed E-state index contributed by atoms with van der Waals surface area (Å²) in [5.74, 6) is 1.00. The maximum atomic E-state index is 4.35. The van der Waals surface area contributed by atoms with Crippen LogP contribution in [0.25, 0.3) is 11.0 Å². The highest BCUT2D eigenvalue weighted by atomic mass is 32.2. The maximum Gasteiger partial charge on any atom is 0.162 e. The second-order valence-electron chi connectivity index (χ2n) is 4.27. The van der Waals surface area contributed by atoms with Crippen molar-refractivity contribution in [1.29, 1.82) is 0 Å².